The minimum absolute atomic E-state index is 1.13. The summed E-state index contributed by atoms with van der Waals surface area (Å²) >= 11 is 0. The lowest BCUT2D eigenvalue weighted by atomic mass is 9.96. The Hall–Kier alpha value is -5.40. The third kappa shape index (κ3) is 4.11. The van der Waals surface area contributed by atoms with Gasteiger partial charge in [0, 0.05) is 17.1 Å². The van der Waals surface area contributed by atoms with Crippen molar-refractivity contribution in [3.05, 3.63) is 164 Å². The van der Waals surface area contributed by atoms with Crippen LogP contribution in [-0.2, 0) is 0 Å². The summed E-state index contributed by atoms with van der Waals surface area (Å²) in [6.45, 7) is 0. The number of hydrogen-bond acceptors (Lipinski definition) is 1. The average Bonchev–Trinajstić information content (AvgIpc) is 3.05. The quantitative estimate of drug-likeness (QED) is 0.208. The fourth-order valence-electron chi connectivity index (χ4n) is 6.14. The highest BCUT2D eigenvalue weighted by molar-refractivity contribution is 6.17. The van der Waals surface area contributed by atoms with Crippen molar-refractivity contribution in [1.29, 1.82) is 0 Å². The molecule has 0 aliphatic carbocycles. The molecule has 8 aromatic carbocycles. The molecular weight excluding hydrogens is 494 g/mol. The fraction of sp³-hybridized carbons (Fsp3) is 0. The molecule has 8 aromatic rings. The van der Waals surface area contributed by atoms with Crippen molar-refractivity contribution in [3.63, 3.8) is 0 Å². The molecule has 0 unspecified atom stereocenters. The van der Waals surface area contributed by atoms with Crippen molar-refractivity contribution < 1.29 is 0 Å². The van der Waals surface area contributed by atoms with E-state index in [0.29, 0.717) is 0 Å². The Morgan fingerprint density at radius 1 is 0.268 bits per heavy atom. The second-order valence-corrected chi connectivity index (χ2v) is 10.6. The minimum atomic E-state index is 1.13. The molecule has 0 spiro atoms. The third-order valence-corrected chi connectivity index (χ3v) is 8.21. The van der Waals surface area contributed by atoms with Crippen LogP contribution in [0.2, 0.25) is 0 Å². The summed E-state index contributed by atoms with van der Waals surface area (Å²) in [7, 11) is 0. The van der Waals surface area contributed by atoms with E-state index < -0.39 is 0 Å². The zero-order chi connectivity index (χ0) is 27.2. The van der Waals surface area contributed by atoms with E-state index in [-0.39, 0.29) is 0 Å². The van der Waals surface area contributed by atoms with Gasteiger partial charge < -0.3 is 4.90 Å². The van der Waals surface area contributed by atoms with Gasteiger partial charge >= 0.3 is 0 Å². The second kappa shape index (κ2) is 9.66. The molecular formula is C40H27N. The molecule has 0 N–H and O–H groups in total. The lowest BCUT2D eigenvalue weighted by molar-refractivity contribution is 1.29. The van der Waals surface area contributed by atoms with Gasteiger partial charge in [-0.15, -0.1) is 0 Å². The van der Waals surface area contributed by atoms with Crippen molar-refractivity contribution in [3.8, 4) is 11.1 Å². The molecule has 0 bridgehead atoms. The molecule has 0 heterocycles. The van der Waals surface area contributed by atoms with Gasteiger partial charge in [0.25, 0.3) is 0 Å². The predicted molar refractivity (Wildman–Crippen MR) is 177 cm³/mol. The Labute approximate surface area is 239 Å². The summed E-state index contributed by atoms with van der Waals surface area (Å²) in [5, 5.41) is 10.1. The molecule has 1 heteroatoms. The first-order valence-electron chi connectivity index (χ1n) is 14.1. The highest BCUT2D eigenvalue weighted by atomic mass is 15.1. The Morgan fingerprint density at radius 3 is 1.56 bits per heavy atom. The largest absolute Gasteiger partial charge is 0.310 e. The van der Waals surface area contributed by atoms with Gasteiger partial charge in [-0.1, -0.05) is 127 Å². The summed E-state index contributed by atoms with van der Waals surface area (Å²) in [6, 6.07) is 59.3. The van der Waals surface area contributed by atoms with E-state index in [1.54, 1.807) is 0 Å². The zero-order valence-corrected chi connectivity index (χ0v) is 22.5. The Morgan fingerprint density at radius 2 is 0.780 bits per heavy atom. The van der Waals surface area contributed by atoms with Crippen LogP contribution in [0.4, 0.5) is 17.1 Å². The highest BCUT2D eigenvalue weighted by Gasteiger charge is 2.15. The average molecular weight is 522 g/mol. The standard InChI is InChI=1S/C40H27N/c1-2-8-28(9-3-1)30-14-20-34(21-15-30)41(35-22-16-29-10-4-5-12-33(29)26-35)36-23-17-32-19-24-38-37-13-7-6-11-31(37)18-25-39(38)40(32)27-36/h1-27H. The molecule has 0 radical (unpaired) electrons. The van der Waals surface area contributed by atoms with E-state index >= 15 is 0 Å². The molecule has 41 heavy (non-hydrogen) atoms. The van der Waals surface area contributed by atoms with Crippen molar-refractivity contribution in [1.82, 2.24) is 0 Å². The van der Waals surface area contributed by atoms with Crippen molar-refractivity contribution >= 4 is 60.2 Å². The maximum absolute atomic E-state index is 2.38. The van der Waals surface area contributed by atoms with Crippen LogP contribution in [0.15, 0.2) is 164 Å². The molecule has 192 valence electrons. The normalized spacial score (nSPS) is 11.4. The summed E-state index contributed by atoms with van der Waals surface area (Å²) in [6.07, 6.45) is 0. The first-order chi connectivity index (χ1) is 20.3. The van der Waals surface area contributed by atoms with Crippen molar-refractivity contribution in [2.45, 2.75) is 0 Å². The number of fused-ring (bicyclic) bond motifs is 6. The minimum Gasteiger partial charge on any atom is -0.310 e. The monoisotopic (exact) mass is 521 g/mol. The molecule has 0 amide bonds. The zero-order valence-electron chi connectivity index (χ0n) is 22.5. The highest BCUT2D eigenvalue weighted by Crippen LogP contribution is 2.40. The van der Waals surface area contributed by atoms with E-state index in [2.05, 4.69) is 169 Å². The van der Waals surface area contributed by atoms with Gasteiger partial charge in [0.05, 0.1) is 0 Å². The molecule has 0 aromatic heterocycles. The number of rotatable bonds is 4. The fourth-order valence-corrected chi connectivity index (χ4v) is 6.14. The first kappa shape index (κ1) is 23.5. The lowest BCUT2D eigenvalue weighted by Crippen LogP contribution is -2.10. The van der Waals surface area contributed by atoms with Crippen LogP contribution >= 0.6 is 0 Å². The first-order valence-corrected chi connectivity index (χ1v) is 14.1. The van der Waals surface area contributed by atoms with Gasteiger partial charge in [0.1, 0.15) is 0 Å². The van der Waals surface area contributed by atoms with Gasteiger partial charge in [-0.3, -0.25) is 0 Å². The van der Waals surface area contributed by atoms with Crippen LogP contribution in [-0.4, -0.2) is 0 Å². The van der Waals surface area contributed by atoms with Crippen molar-refractivity contribution in [2.24, 2.45) is 0 Å². The smallest absolute Gasteiger partial charge is 0.0468 e. The topological polar surface area (TPSA) is 3.24 Å². The van der Waals surface area contributed by atoms with Crippen LogP contribution < -0.4 is 4.90 Å². The molecule has 0 aliphatic heterocycles. The Balaban J connectivity index is 1.33. The number of hydrogen-bond donors (Lipinski definition) is 0. The molecule has 0 fully saturated rings. The summed E-state index contributed by atoms with van der Waals surface area (Å²) < 4.78 is 0. The van der Waals surface area contributed by atoms with Gasteiger partial charge in [-0.25, -0.2) is 0 Å². The van der Waals surface area contributed by atoms with Gasteiger partial charge in [0.2, 0.25) is 0 Å². The van der Waals surface area contributed by atoms with Gasteiger partial charge in [-0.05, 0) is 90.6 Å². The summed E-state index contributed by atoms with van der Waals surface area (Å²) in [5.41, 5.74) is 5.84. The Bertz CT molecular complexity index is 2190. The molecule has 0 saturated heterocycles. The molecule has 8 rings (SSSR count). The number of anilines is 3. The van der Waals surface area contributed by atoms with E-state index in [1.165, 1.54) is 54.2 Å². The van der Waals surface area contributed by atoms with Crippen molar-refractivity contribution in [2.75, 3.05) is 4.90 Å². The van der Waals surface area contributed by atoms with Crippen LogP contribution in [0.5, 0.6) is 0 Å². The summed E-state index contributed by atoms with van der Waals surface area (Å²) in [4.78, 5) is 2.38. The SMILES string of the molecule is c1ccc(-c2ccc(N(c3ccc4ccccc4c3)c3ccc4ccc5c6ccccc6ccc5c4c3)cc2)cc1. The summed E-state index contributed by atoms with van der Waals surface area (Å²) in [5.74, 6) is 0. The predicted octanol–water partition coefficient (Wildman–Crippen LogP) is 11.4. The number of nitrogens with zero attached hydrogens (tertiary/aromatic N) is 1. The molecule has 0 atom stereocenters. The van der Waals surface area contributed by atoms with Gasteiger partial charge in [-0.2, -0.15) is 0 Å². The maximum Gasteiger partial charge on any atom is 0.0468 e. The van der Waals surface area contributed by atoms with Crippen LogP contribution in [0.1, 0.15) is 0 Å². The number of benzene rings is 8. The second-order valence-electron chi connectivity index (χ2n) is 10.6. The van der Waals surface area contributed by atoms with Gasteiger partial charge in [0.15, 0.2) is 0 Å². The van der Waals surface area contributed by atoms with E-state index in [0.717, 1.165) is 17.1 Å². The lowest BCUT2D eigenvalue weighted by Gasteiger charge is -2.26. The van der Waals surface area contributed by atoms with E-state index in [4.69, 9.17) is 0 Å². The Kier molecular flexibility index (Phi) is 5.53. The molecule has 0 aliphatic rings. The van der Waals surface area contributed by atoms with Crippen LogP contribution in [0.25, 0.3) is 54.2 Å². The van der Waals surface area contributed by atoms with Crippen LogP contribution in [0.3, 0.4) is 0 Å². The molecule has 0 saturated carbocycles. The van der Waals surface area contributed by atoms with E-state index in [9.17, 15) is 0 Å². The molecule has 1 nitrogen and oxygen atoms in total. The third-order valence-electron chi connectivity index (χ3n) is 8.21. The maximum atomic E-state index is 2.38. The van der Waals surface area contributed by atoms with E-state index in [1.807, 2.05) is 0 Å². The van der Waals surface area contributed by atoms with Crippen LogP contribution in [0, 0.1) is 0 Å².